The highest BCUT2D eigenvalue weighted by Gasteiger charge is 2.15. The molecule has 0 saturated carbocycles. The van der Waals surface area contributed by atoms with E-state index in [0.717, 1.165) is 24.2 Å². The summed E-state index contributed by atoms with van der Waals surface area (Å²) in [5, 5.41) is 3.47. The molecule has 1 aromatic heterocycles. The number of halogens is 1. The lowest BCUT2D eigenvalue weighted by molar-refractivity contribution is 0.386. The Morgan fingerprint density at radius 3 is 2.81 bits per heavy atom. The molecule has 0 fully saturated rings. The number of aromatic nitrogens is 2. The van der Waals surface area contributed by atoms with Gasteiger partial charge in [-0.15, -0.1) is 0 Å². The molecule has 1 N–H and O–H groups in total. The van der Waals surface area contributed by atoms with E-state index in [1.165, 1.54) is 13.2 Å². The maximum absolute atomic E-state index is 13.8. The van der Waals surface area contributed by atoms with Crippen LogP contribution in [0.4, 0.5) is 4.39 Å². The molecule has 1 heterocycles. The molecule has 1 atom stereocenters. The predicted octanol–water partition coefficient (Wildman–Crippen LogP) is 2.85. The number of hydrogen-bond acceptors (Lipinski definition) is 3. The van der Waals surface area contributed by atoms with Crippen LogP contribution in [0.5, 0.6) is 5.75 Å². The number of rotatable bonds is 7. The highest BCUT2D eigenvalue weighted by atomic mass is 19.1. The number of nitrogens with one attached hydrogen (secondary N) is 1. The third-order valence-corrected chi connectivity index (χ3v) is 3.38. The van der Waals surface area contributed by atoms with Crippen molar-refractivity contribution < 1.29 is 9.13 Å². The van der Waals surface area contributed by atoms with Crippen LogP contribution in [0.1, 0.15) is 30.6 Å². The van der Waals surface area contributed by atoms with Crippen molar-refractivity contribution >= 4 is 0 Å². The summed E-state index contributed by atoms with van der Waals surface area (Å²) in [5.74, 6) is -0.0556. The average molecular weight is 291 g/mol. The summed E-state index contributed by atoms with van der Waals surface area (Å²) in [6.07, 6.45) is 5.51. The molecule has 0 aliphatic carbocycles. The number of imidazole rings is 1. The Morgan fingerprint density at radius 1 is 1.43 bits per heavy atom. The zero-order valence-corrected chi connectivity index (χ0v) is 12.8. The first-order valence-electron chi connectivity index (χ1n) is 7.17. The Bertz CT molecular complexity index is 583. The molecule has 1 unspecified atom stereocenters. The molecule has 0 amide bonds. The maximum atomic E-state index is 13.8. The smallest absolute Gasteiger partial charge is 0.165 e. The van der Waals surface area contributed by atoms with E-state index >= 15 is 0 Å². The number of nitrogens with zero attached hydrogens (tertiary/aromatic N) is 2. The summed E-state index contributed by atoms with van der Waals surface area (Å²) in [7, 11) is 3.41. The Morgan fingerprint density at radius 2 is 2.24 bits per heavy atom. The minimum atomic E-state index is -0.328. The molecular formula is C16H22FN3O. The summed E-state index contributed by atoms with van der Waals surface area (Å²) in [4.78, 5) is 4.40. The van der Waals surface area contributed by atoms with E-state index in [4.69, 9.17) is 4.74 Å². The Kier molecular flexibility index (Phi) is 5.33. The molecule has 0 radical (unpaired) electrons. The first-order valence-corrected chi connectivity index (χ1v) is 7.17. The van der Waals surface area contributed by atoms with Gasteiger partial charge in [0.05, 0.1) is 25.2 Å². The van der Waals surface area contributed by atoms with Crippen molar-refractivity contribution in [1.29, 1.82) is 0 Å². The van der Waals surface area contributed by atoms with Crippen LogP contribution in [-0.2, 0) is 13.5 Å². The van der Waals surface area contributed by atoms with E-state index in [1.54, 1.807) is 12.4 Å². The first-order chi connectivity index (χ1) is 10.1. The van der Waals surface area contributed by atoms with Gasteiger partial charge in [0.15, 0.2) is 11.6 Å². The van der Waals surface area contributed by atoms with E-state index < -0.39 is 0 Å². The van der Waals surface area contributed by atoms with Gasteiger partial charge in [-0.05, 0) is 37.1 Å². The van der Waals surface area contributed by atoms with Crippen molar-refractivity contribution in [1.82, 2.24) is 14.9 Å². The molecule has 0 saturated heterocycles. The Balaban J connectivity index is 2.16. The molecule has 2 aromatic rings. The van der Waals surface area contributed by atoms with E-state index in [1.807, 2.05) is 23.9 Å². The minimum absolute atomic E-state index is 0.0824. The van der Waals surface area contributed by atoms with Crippen LogP contribution in [0, 0.1) is 5.82 Å². The molecule has 4 nitrogen and oxygen atoms in total. The van der Waals surface area contributed by atoms with Gasteiger partial charge in [-0.25, -0.2) is 9.37 Å². The van der Waals surface area contributed by atoms with Gasteiger partial charge in [-0.1, -0.05) is 13.0 Å². The van der Waals surface area contributed by atoms with Crippen LogP contribution in [-0.4, -0.2) is 23.2 Å². The molecule has 0 bridgehead atoms. The van der Waals surface area contributed by atoms with Crippen LogP contribution >= 0.6 is 0 Å². The Hall–Kier alpha value is -1.88. The van der Waals surface area contributed by atoms with Crippen LogP contribution in [0.3, 0.4) is 0 Å². The Labute approximate surface area is 125 Å². The van der Waals surface area contributed by atoms with Gasteiger partial charge in [0.25, 0.3) is 0 Å². The van der Waals surface area contributed by atoms with E-state index in [-0.39, 0.29) is 17.6 Å². The summed E-state index contributed by atoms with van der Waals surface area (Å²) >= 11 is 0. The fourth-order valence-corrected chi connectivity index (χ4v) is 2.29. The van der Waals surface area contributed by atoms with Gasteiger partial charge >= 0.3 is 0 Å². The molecule has 0 aliphatic rings. The molecular weight excluding hydrogens is 269 g/mol. The lowest BCUT2D eigenvalue weighted by Gasteiger charge is -2.17. The number of ether oxygens (including phenoxy) is 1. The number of benzene rings is 1. The summed E-state index contributed by atoms with van der Waals surface area (Å²) in [6, 6.07) is 5.17. The average Bonchev–Trinajstić information content (AvgIpc) is 2.90. The topological polar surface area (TPSA) is 39.1 Å². The summed E-state index contributed by atoms with van der Waals surface area (Å²) in [6.45, 7) is 3.02. The second-order valence-electron chi connectivity index (χ2n) is 5.14. The number of methoxy groups -OCH3 is 1. The summed E-state index contributed by atoms with van der Waals surface area (Å²) < 4.78 is 20.7. The zero-order chi connectivity index (χ0) is 15.2. The van der Waals surface area contributed by atoms with Gasteiger partial charge in [-0.2, -0.15) is 0 Å². The van der Waals surface area contributed by atoms with E-state index in [2.05, 4.69) is 17.2 Å². The van der Waals surface area contributed by atoms with Crippen LogP contribution in [0.15, 0.2) is 30.7 Å². The van der Waals surface area contributed by atoms with Crippen molar-refractivity contribution in [2.75, 3.05) is 13.7 Å². The van der Waals surface area contributed by atoms with E-state index in [9.17, 15) is 4.39 Å². The zero-order valence-electron chi connectivity index (χ0n) is 12.8. The van der Waals surface area contributed by atoms with Gasteiger partial charge in [0.2, 0.25) is 0 Å². The van der Waals surface area contributed by atoms with Gasteiger partial charge < -0.3 is 14.6 Å². The molecule has 5 heteroatoms. The first kappa shape index (κ1) is 15.5. The monoisotopic (exact) mass is 291 g/mol. The van der Waals surface area contributed by atoms with Crippen molar-refractivity contribution in [2.45, 2.75) is 25.8 Å². The quantitative estimate of drug-likeness (QED) is 0.852. The second-order valence-corrected chi connectivity index (χ2v) is 5.14. The SMILES string of the molecule is CCCNC(Cc1ccc(OC)c(F)c1)c1cn(C)cn1. The van der Waals surface area contributed by atoms with Gasteiger partial charge in [-0.3, -0.25) is 0 Å². The number of hydrogen-bond donors (Lipinski definition) is 1. The molecule has 2 rings (SSSR count). The molecule has 21 heavy (non-hydrogen) atoms. The van der Waals surface area contributed by atoms with Crippen molar-refractivity contribution in [2.24, 2.45) is 7.05 Å². The third-order valence-electron chi connectivity index (χ3n) is 3.38. The molecule has 0 aliphatic heterocycles. The highest BCUT2D eigenvalue weighted by molar-refractivity contribution is 5.30. The predicted molar refractivity (Wildman–Crippen MR) is 80.9 cm³/mol. The van der Waals surface area contributed by atoms with Crippen molar-refractivity contribution in [3.63, 3.8) is 0 Å². The fourth-order valence-electron chi connectivity index (χ4n) is 2.29. The van der Waals surface area contributed by atoms with Crippen LogP contribution in [0.2, 0.25) is 0 Å². The van der Waals surface area contributed by atoms with Crippen molar-refractivity contribution in [3.05, 3.63) is 47.8 Å². The molecule has 1 aromatic carbocycles. The second kappa shape index (κ2) is 7.22. The lowest BCUT2D eigenvalue weighted by atomic mass is 10.0. The largest absolute Gasteiger partial charge is 0.494 e. The van der Waals surface area contributed by atoms with Gasteiger partial charge in [0, 0.05) is 13.2 Å². The fraction of sp³-hybridized carbons (Fsp3) is 0.438. The summed E-state index contributed by atoms with van der Waals surface area (Å²) in [5.41, 5.74) is 1.90. The molecule has 114 valence electrons. The third kappa shape index (κ3) is 4.04. The van der Waals surface area contributed by atoms with Crippen LogP contribution < -0.4 is 10.1 Å². The lowest BCUT2D eigenvalue weighted by Crippen LogP contribution is -2.24. The maximum Gasteiger partial charge on any atom is 0.165 e. The van der Waals surface area contributed by atoms with Gasteiger partial charge in [0.1, 0.15) is 0 Å². The molecule has 0 spiro atoms. The van der Waals surface area contributed by atoms with E-state index in [0.29, 0.717) is 6.42 Å². The minimum Gasteiger partial charge on any atom is -0.494 e. The van der Waals surface area contributed by atoms with Crippen LogP contribution in [0.25, 0.3) is 0 Å². The highest BCUT2D eigenvalue weighted by Crippen LogP contribution is 2.22. The van der Waals surface area contributed by atoms with Crippen molar-refractivity contribution in [3.8, 4) is 5.75 Å². The normalized spacial score (nSPS) is 12.4. The standard InChI is InChI=1S/C16H22FN3O/c1-4-7-18-14(15-10-20(2)11-19-15)9-12-5-6-16(21-3)13(17)8-12/h5-6,8,10-11,14,18H,4,7,9H2,1-3H3. The number of aryl methyl sites for hydroxylation is 1.